The molecule has 8 nitrogen and oxygen atoms in total. The number of rotatable bonds is 3. The molecule has 0 aliphatic carbocycles. The summed E-state index contributed by atoms with van der Waals surface area (Å²) < 4.78 is 1.14. The van der Waals surface area contributed by atoms with E-state index < -0.39 is 10.9 Å². The largest absolute Gasteiger partial charge is 0.477 e. The molecule has 0 saturated carbocycles. The van der Waals surface area contributed by atoms with Crippen molar-refractivity contribution < 1.29 is 14.8 Å². The Hall–Kier alpha value is -2.77. The molecule has 2 aromatic rings. The van der Waals surface area contributed by atoms with Crippen LogP contribution in [-0.2, 0) is 0 Å². The fourth-order valence-electron chi connectivity index (χ4n) is 1.20. The third-order valence-corrected chi connectivity index (χ3v) is 1.97. The van der Waals surface area contributed by atoms with Crippen molar-refractivity contribution in [2.75, 3.05) is 0 Å². The van der Waals surface area contributed by atoms with Gasteiger partial charge in [0.25, 0.3) is 0 Å². The number of nitro groups is 1. The average Bonchev–Trinajstić information content (AvgIpc) is 2.78. The SMILES string of the molecule is O=C(O)c1cccc(-n2cc([N+](=O)[O-])cn2)n1. The van der Waals surface area contributed by atoms with Crippen LogP contribution in [0.3, 0.4) is 0 Å². The molecule has 0 aliphatic rings. The summed E-state index contributed by atoms with van der Waals surface area (Å²) in [5, 5.41) is 22.9. The van der Waals surface area contributed by atoms with Gasteiger partial charge in [-0.05, 0) is 12.1 Å². The topological polar surface area (TPSA) is 111 Å². The van der Waals surface area contributed by atoms with E-state index in [-0.39, 0.29) is 17.2 Å². The van der Waals surface area contributed by atoms with E-state index in [2.05, 4.69) is 10.1 Å². The highest BCUT2D eigenvalue weighted by atomic mass is 16.6. The van der Waals surface area contributed by atoms with Crippen LogP contribution in [-0.4, -0.2) is 30.8 Å². The van der Waals surface area contributed by atoms with Crippen LogP contribution in [0.25, 0.3) is 5.82 Å². The maximum atomic E-state index is 10.7. The summed E-state index contributed by atoms with van der Waals surface area (Å²) in [6.07, 6.45) is 2.23. The van der Waals surface area contributed by atoms with E-state index in [4.69, 9.17) is 5.11 Å². The molecule has 8 heteroatoms. The van der Waals surface area contributed by atoms with Gasteiger partial charge in [0.2, 0.25) is 0 Å². The molecule has 0 atom stereocenters. The van der Waals surface area contributed by atoms with Crippen LogP contribution >= 0.6 is 0 Å². The fourth-order valence-corrected chi connectivity index (χ4v) is 1.20. The highest BCUT2D eigenvalue weighted by Crippen LogP contribution is 2.12. The molecule has 0 aliphatic heterocycles. The highest BCUT2D eigenvalue weighted by molar-refractivity contribution is 5.85. The van der Waals surface area contributed by atoms with E-state index in [1.54, 1.807) is 0 Å². The van der Waals surface area contributed by atoms with Crippen LogP contribution in [0.4, 0.5) is 5.69 Å². The fraction of sp³-hybridized carbons (Fsp3) is 0. The molecule has 0 radical (unpaired) electrons. The van der Waals surface area contributed by atoms with Gasteiger partial charge in [0.1, 0.15) is 12.4 Å². The highest BCUT2D eigenvalue weighted by Gasteiger charge is 2.12. The molecule has 0 aromatic carbocycles. The summed E-state index contributed by atoms with van der Waals surface area (Å²) in [6.45, 7) is 0. The third-order valence-electron chi connectivity index (χ3n) is 1.97. The number of aromatic carboxylic acids is 1. The summed E-state index contributed by atoms with van der Waals surface area (Å²) >= 11 is 0. The number of hydrogen-bond acceptors (Lipinski definition) is 5. The summed E-state index contributed by atoms with van der Waals surface area (Å²) in [7, 11) is 0. The zero-order chi connectivity index (χ0) is 12.4. The van der Waals surface area contributed by atoms with Gasteiger partial charge in [-0.1, -0.05) is 6.07 Å². The molecule has 2 aromatic heterocycles. The maximum Gasteiger partial charge on any atom is 0.354 e. The van der Waals surface area contributed by atoms with Gasteiger partial charge in [-0.2, -0.15) is 5.10 Å². The lowest BCUT2D eigenvalue weighted by molar-refractivity contribution is -0.384. The van der Waals surface area contributed by atoms with Gasteiger partial charge in [0, 0.05) is 0 Å². The molecule has 0 spiro atoms. The van der Waals surface area contributed by atoms with Crippen LogP contribution in [0.2, 0.25) is 0 Å². The lowest BCUT2D eigenvalue weighted by Crippen LogP contribution is -2.04. The Kier molecular flexibility index (Phi) is 2.53. The molecule has 1 N–H and O–H groups in total. The Morgan fingerprint density at radius 1 is 1.47 bits per heavy atom. The monoisotopic (exact) mass is 234 g/mol. The Morgan fingerprint density at radius 3 is 2.82 bits per heavy atom. The zero-order valence-corrected chi connectivity index (χ0v) is 8.35. The van der Waals surface area contributed by atoms with Crippen molar-refractivity contribution in [1.82, 2.24) is 14.8 Å². The van der Waals surface area contributed by atoms with E-state index in [9.17, 15) is 14.9 Å². The maximum absolute atomic E-state index is 10.7. The molecule has 2 heterocycles. The van der Waals surface area contributed by atoms with Crippen molar-refractivity contribution in [3.05, 3.63) is 46.4 Å². The smallest absolute Gasteiger partial charge is 0.354 e. The number of pyridine rings is 1. The number of aromatic nitrogens is 3. The minimum absolute atomic E-state index is 0.152. The van der Waals surface area contributed by atoms with Crippen LogP contribution in [0.15, 0.2) is 30.6 Å². The lowest BCUT2D eigenvalue weighted by atomic mass is 10.3. The van der Waals surface area contributed by atoms with Crippen molar-refractivity contribution >= 4 is 11.7 Å². The van der Waals surface area contributed by atoms with Crippen LogP contribution in [0.5, 0.6) is 0 Å². The quantitative estimate of drug-likeness (QED) is 0.623. The molecule has 0 saturated heterocycles. The number of hydrogen-bond donors (Lipinski definition) is 1. The number of nitrogens with zero attached hydrogens (tertiary/aromatic N) is 4. The van der Waals surface area contributed by atoms with Gasteiger partial charge in [0.15, 0.2) is 11.5 Å². The van der Waals surface area contributed by atoms with Crippen LogP contribution < -0.4 is 0 Å². The zero-order valence-electron chi connectivity index (χ0n) is 8.35. The van der Waals surface area contributed by atoms with Gasteiger partial charge in [-0.3, -0.25) is 10.1 Å². The second kappa shape index (κ2) is 4.00. The van der Waals surface area contributed by atoms with E-state index >= 15 is 0 Å². The first-order chi connectivity index (χ1) is 8.08. The molecule has 17 heavy (non-hydrogen) atoms. The third kappa shape index (κ3) is 2.09. The van der Waals surface area contributed by atoms with Crippen LogP contribution in [0.1, 0.15) is 10.5 Å². The average molecular weight is 234 g/mol. The second-order valence-electron chi connectivity index (χ2n) is 3.09. The predicted molar refractivity (Wildman–Crippen MR) is 55.0 cm³/mol. The Labute approximate surface area is 94.3 Å². The van der Waals surface area contributed by atoms with E-state index in [0.29, 0.717) is 0 Å². The number of carboxylic acids is 1. The lowest BCUT2D eigenvalue weighted by Gasteiger charge is -2.00. The normalized spacial score (nSPS) is 10.1. The molecule has 86 valence electrons. The first-order valence-corrected chi connectivity index (χ1v) is 4.48. The second-order valence-corrected chi connectivity index (χ2v) is 3.09. The van der Waals surface area contributed by atoms with Crippen molar-refractivity contribution in [3.8, 4) is 5.82 Å². The van der Waals surface area contributed by atoms with E-state index in [0.717, 1.165) is 17.1 Å². The van der Waals surface area contributed by atoms with Crippen molar-refractivity contribution in [2.24, 2.45) is 0 Å². The number of carbonyl (C=O) groups is 1. The predicted octanol–water partition coefficient (Wildman–Crippen LogP) is 0.874. The van der Waals surface area contributed by atoms with E-state index in [1.807, 2.05) is 0 Å². The molecule has 2 rings (SSSR count). The molecular weight excluding hydrogens is 228 g/mol. The first kappa shape index (κ1) is 10.7. The van der Waals surface area contributed by atoms with Crippen molar-refractivity contribution in [2.45, 2.75) is 0 Å². The standard InChI is InChI=1S/C9H6N4O4/c14-9(15)7-2-1-3-8(11-7)12-5-6(4-10-12)13(16)17/h1-5H,(H,14,15). The molecule has 0 amide bonds. The minimum atomic E-state index is -1.17. The van der Waals surface area contributed by atoms with Gasteiger partial charge in [-0.25, -0.2) is 14.5 Å². The van der Waals surface area contributed by atoms with Crippen molar-refractivity contribution in [3.63, 3.8) is 0 Å². The summed E-state index contributed by atoms with van der Waals surface area (Å²) in [5.41, 5.74) is -0.340. The Morgan fingerprint density at radius 2 is 2.24 bits per heavy atom. The van der Waals surface area contributed by atoms with Gasteiger partial charge < -0.3 is 5.11 Å². The van der Waals surface area contributed by atoms with Gasteiger partial charge in [0.05, 0.1) is 4.92 Å². The van der Waals surface area contributed by atoms with Gasteiger partial charge in [-0.15, -0.1) is 0 Å². The summed E-state index contributed by atoms with van der Waals surface area (Å²) in [6, 6.07) is 4.31. The molecular formula is C9H6N4O4. The van der Waals surface area contributed by atoms with Gasteiger partial charge >= 0.3 is 11.7 Å². The van der Waals surface area contributed by atoms with Crippen molar-refractivity contribution in [1.29, 1.82) is 0 Å². The Balaban J connectivity index is 2.42. The Bertz CT molecular complexity index is 592. The molecule has 0 bridgehead atoms. The summed E-state index contributed by atoms with van der Waals surface area (Å²) in [4.78, 5) is 24.4. The molecule has 0 unspecified atom stereocenters. The first-order valence-electron chi connectivity index (χ1n) is 4.48. The minimum Gasteiger partial charge on any atom is -0.477 e. The van der Waals surface area contributed by atoms with Crippen LogP contribution in [0, 0.1) is 10.1 Å². The molecule has 0 fully saturated rings. The summed E-state index contributed by atoms with van der Waals surface area (Å²) in [5.74, 6) is -0.966. The number of carboxylic acid groups (broad SMARTS) is 1. The van der Waals surface area contributed by atoms with E-state index in [1.165, 1.54) is 18.2 Å².